The molecular weight excluding hydrogens is 410 g/mol. The lowest BCUT2D eigenvalue weighted by atomic mass is 9.88. The number of carbonyl (C=O) groups excluding carboxylic acids is 2. The van der Waals surface area contributed by atoms with Gasteiger partial charge in [0.05, 0.1) is 17.2 Å². The number of fused-ring (bicyclic) bond motifs is 1. The summed E-state index contributed by atoms with van der Waals surface area (Å²) >= 11 is 0. The first-order chi connectivity index (χ1) is 16.0. The number of carbonyl (C=O) groups is 2. The second-order valence-corrected chi connectivity index (χ2v) is 9.50. The van der Waals surface area contributed by atoms with Crippen molar-refractivity contribution in [2.45, 2.75) is 52.1 Å². The Morgan fingerprint density at radius 1 is 0.939 bits per heavy atom. The lowest BCUT2D eigenvalue weighted by Crippen LogP contribution is -2.42. The monoisotopic (exact) mass is 441 g/mol. The van der Waals surface area contributed by atoms with E-state index in [1.165, 1.54) is 11.1 Å². The molecule has 5 rings (SSSR count). The zero-order chi connectivity index (χ0) is 22.9. The standard InChI is InChI=1S/C28H31N3O2/c1-19-7-3-6-10-24(19)27(32)30-15-13-21(14-16-30)26-25(12-11-20(2)29-26)28(33)31-17-22-8-4-5-9-23(22)18-31/h4-12,21,24H,3,13-18H2,1-2H3. The second-order valence-electron chi connectivity index (χ2n) is 9.50. The summed E-state index contributed by atoms with van der Waals surface area (Å²) < 4.78 is 0. The van der Waals surface area contributed by atoms with Crippen molar-refractivity contribution in [3.63, 3.8) is 0 Å². The smallest absolute Gasteiger partial charge is 0.256 e. The third-order valence-corrected chi connectivity index (χ3v) is 7.28. The molecule has 1 aromatic heterocycles. The molecule has 0 radical (unpaired) electrons. The SMILES string of the molecule is CC1=CCC=CC1C(=O)N1CCC(c2nc(C)ccc2C(=O)N2Cc3ccccc3C2)CC1. The van der Waals surface area contributed by atoms with Gasteiger partial charge in [-0.25, -0.2) is 0 Å². The van der Waals surface area contributed by atoms with Crippen LogP contribution in [0.1, 0.15) is 65.0 Å². The van der Waals surface area contributed by atoms with Crippen molar-refractivity contribution >= 4 is 11.8 Å². The fourth-order valence-electron chi connectivity index (χ4n) is 5.31. The second kappa shape index (κ2) is 8.97. The van der Waals surface area contributed by atoms with Crippen LogP contribution in [0.15, 0.2) is 60.2 Å². The molecule has 170 valence electrons. The molecule has 1 unspecified atom stereocenters. The number of pyridine rings is 1. The topological polar surface area (TPSA) is 53.5 Å². The van der Waals surface area contributed by atoms with Crippen LogP contribution in [-0.2, 0) is 17.9 Å². The Bertz CT molecular complexity index is 1120. The molecule has 0 bridgehead atoms. The minimum absolute atomic E-state index is 0.0558. The number of amides is 2. The number of aromatic nitrogens is 1. The summed E-state index contributed by atoms with van der Waals surface area (Å²) in [5.41, 5.74) is 6.13. The minimum atomic E-state index is -0.124. The fourth-order valence-corrected chi connectivity index (χ4v) is 5.31. The Balaban J connectivity index is 1.31. The van der Waals surface area contributed by atoms with Gasteiger partial charge in [-0.3, -0.25) is 14.6 Å². The van der Waals surface area contributed by atoms with Gasteiger partial charge in [-0.15, -0.1) is 0 Å². The van der Waals surface area contributed by atoms with Crippen LogP contribution >= 0.6 is 0 Å². The zero-order valence-corrected chi connectivity index (χ0v) is 19.5. The number of likely N-dealkylation sites (tertiary alicyclic amines) is 1. The first kappa shape index (κ1) is 21.6. The van der Waals surface area contributed by atoms with E-state index in [0.717, 1.165) is 36.2 Å². The van der Waals surface area contributed by atoms with Crippen LogP contribution in [0.2, 0.25) is 0 Å². The van der Waals surface area contributed by atoms with Crippen molar-refractivity contribution in [2.75, 3.05) is 13.1 Å². The number of aryl methyl sites for hydroxylation is 1. The molecule has 1 saturated heterocycles. The van der Waals surface area contributed by atoms with E-state index in [9.17, 15) is 9.59 Å². The van der Waals surface area contributed by atoms with Crippen molar-refractivity contribution in [3.05, 3.63) is 88.3 Å². The van der Waals surface area contributed by atoms with Gasteiger partial charge in [0.15, 0.2) is 0 Å². The summed E-state index contributed by atoms with van der Waals surface area (Å²) in [4.78, 5) is 35.3. The lowest BCUT2D eigenvalue weighted by molar-refractivity contribution is -0.134. The zero-order valence-electron chi connectivity index (χ0n) is 19.5. The number of hydrogen-bond acceptors (Lipinski definition) is 3. The molecule has 2 aromatic rings. The highest BCUT2D eigenvalue weighted by Crippen LogP contribution is 2.33. The normalized spacial score (nSPS) is 20.5. The summed E-state index contributed by atoms with van der Waals surface area (Å²) in [6.07, 6.45) is 8.84. The number of nitrogens with zero attached hydrogens (tertiary/aromatic N) is 3. The van der Waals surface area contributed by atoms with Gasteiger partial charge in [0, 0.05) is 37.8 Å². The van der Waals surface area contributed by atoms with E-state index in [1.54, 1.807) is 0 Å². The third-order valence-electron chi connectivity index (χ3n) is 7.28. The molecule has 0 spiro atoms. The highest BCUT2D eigenvalue weighted by atomic mass is 16.2. The van der Waals surface area contributed by atoms with Gasteiger partial charge < -0.3 is 9.80 Å². The summed E-state index contributed by atoms with van der Waals surface area (Å²) in [6.45, 7) is 6.74. The molecule has 3 aliphatic rings. The average Bonchev–Trinajstić information content (AvgIpc) is 3.28. The van der Waals surface area contributed by atoms with Crippen LogP contribution in [-0.4, -0.2) is 39.7 Å². The van der Waals surface area contributed by atoms with Gasteiger partial charge >= 0.3 is 0 Å². The van der Waals surface area contributed by atoms with Crippen LogP contribution in [0.3, 0.4) is 0 Å². The van der Waals surface area contributed by atoms with E-state index < -0.39 is 0 Å². The highest BCUT2D eigenvalue weighted by Gasteiger charge is 2.32. The predicted octanol–water partition coefficient (Wildman–Crippen LogP) is 4.77. The molecule has 1 aliphatic carbocycles. The lowest BCUT2D eigenvalue weighted by Gasteiger charge is -2.35. The van der Waals surface area contributed by atoms with E-state index in [-0.39, 0.29) is 23.7 Å². The van der Waals surface area contributed by atoms with E-state index in [1.807, 2.05) is 54.0 Å². The summed E-state index contributed by atoms with van der Waals surface area (Å²) in [5.74, 6) is 0.319. The molecular formula is C28H31N3O2. The van der Waals surface area contributed by atoms with Crippen LogP contribution in [0.4, 0.5) is 0 Å². The molecule has 2 aliphatic heterocycles. The molecule has 0 N–H and O–H groups in total. The molecule has 2 amide bonds. The van der Waals surface area contributed by atoms with E-state index in [0.29, 0.717) is 31.7 Å². The fraction of sp³-hybridized carbons (Fsp3) is 0.393. The van der Waals surface area contributed by atoms with Gasteiger partial charge in [0.2, 0.25) is 5.91 Å². The quantitative estimate of drug-likeness (QED) is 0.645. The van der Waals surface area contributed by atoms with Crippen molar-refractivity contribution in [3.8, 4) is 0 Å². The van der Waals surface area contributed by atoms with E-state index in [2.05, 4.69) is 24.3 Å². The Morgan fingerprint density at radius 3 is 2.30 bits per heavy atom. The number of hydrogen-bond donors (Lipinski definition) is 0. The van der Waals surface area contributed by atoms with Gasteiger partial charge in [-0.05, 0) is 56.4 Å². The van der Waals surface area contributed by atoms with Crippen LogP contribution in [0, 0.1) is 12.8 Å². The Kier molecular flexibility index (Phi) is 5.88. The largest absolute Gasteiger partial charge is 0.342 e. The Hall–Kier alpha value is -3.21. The van der Waals surface area contributed by atoms with Crippen molar-refractivity contribution in [2.24, 2.45) is 5.92 Å². The molecule has 1 atom stereocenters. The first-order valence-corrected chi connectivity index (χ1v) is 12.0. The number of piperidine rings is 1. The molecule has 0 saturated carbocycles. The third kappa shape index (κ3) is 4.24. The average molecular weight is 442 g/mol. The number of allylic oxidation sites excluding steroid dienone is 2. The van der Waals surface area contributed by atoms with Crippen molar-refractivity contribution in [1.82, 2.24) is 14.8 Å². The number of benzene rings is 1. The van der Waals surface area contributed by atoms with Crippen LogP contribution < -0.4 is 0 Å². The highest BCUT2D eigenvalue weighted by molar-refractivity contribution is 5.96. The van der Waals surface area contributed by atoms with E-state index in [4.69, 9.17) is 4.98 Å². The maximum atomic E-state index is 13.5. The summed E-state index contributed by atoms with van der Waals surface area (Å²) in [6, 6.07) is 12.1. The maximum absolute atomic E-state index is 13.5. The first-order valence-electron chi connectivity index (χ1n) is 12.0. The van der Waals surface area contributed by atoms with Crippen molar-refractivity contribution < 1.29 is 9.59 Å². The van der Waals surface area contributed by atoms with Crippen LogP contribution in [0.25, 0.3) is 0 Å². The van der Waals surface area contributed by atoms with Crippen molar-refractivity contribution in [1.29, 1.82) is 0 Å². The number of rotatable bonds is 3. The molecule has 3 heterocycles. The molecule has 5 nitrogen and oxygen atoms in total. The molecule has 1 aromatic carbocycles. The van der Waals surface area contributed by atoms with Gasteiger partial charge in [-0.1, -0.05) is 48.1 Å². The molecule has 1 fully saturated rings. The Morgan fingerprint density at radius 2 is 1.64 bits per heavy atom. The summed E-state index contributed by atoms with van der Waals surface area (Å²) in [7, 11) is 0. The van der Waals surface area contributed by atoms with Gasteiger partial charge in [-0.2, -0.15) is 0 Å². The predicted molar refractivity (Wildman–Crippen MR) is 129 cm³/mol. The minimum Gasteiger partial charge on any atom is -0.342 e. The van der Waals surface area contributed by atoms with E-state index >= 15 is 0 Å². The summed E-state index contributed by atoms with van der Waals surface area (Å²) in [5, 5.41) is 0. The van der Waals surface area contributed by atoms with Gasteiger partial charge in [0.25, 0.3) is 5.91 Å². The maximum Gasteiger partial charge on any atom is 0.256 e. The van der Waals surface area contributed by atoms with Crippen LogP contribution in [0.5, 0.6) is 0 Å². The molecule has 5 heteroatoms. The molecule has 33 heavy (non-hydrogen) atoms. The Labute approximate surface area is 195 Å². The van der Waals surface area contributed by atoms with Gasteiger partial charge in [0.1, 0.15) is 0 Å².